The average Bonchev–Trinajstić information content (AvgIpc) is 2.30. The molecule has 2 fully saturated rings. The molecule has 0 bridgehead atoms. The fraction of sp³-hybridized carbons (Fsp3) is 0.923. The van der Waals surface area contributed by atoms with Crippen molar-refractivity contribution in [3.8, 4) is 0 Å². The summed E-state index contributed by atoms with van der Waals surface area (Å²) in [7, 11) is 0. The van der Waals surface area contributed by atoms with Crippen LogP contribution in [0.4, 0.5) is 0 Å². The highest BCUT2D eigenvalue weighted by Crippen LogP contribution is 2.27. The lowest BCUT2D eigenvalue weighted by atomic mass is 9.83. The van der Waals surface area contributed by atoms with E-state index in [0.717, 1.165) is 26.0 Å². The van der Waals surface area contributed by atoms with Gasteiger partial charge in [0.25, 0.3) is 0 Å². The zero-order valence-corrected chi connectivity index (χ0v) is 12.0. The number of hydrogen-bond acceptors (Lipinski definition) is 3. The summed E-state index contributed by atoms with van der Waals surface area (Å²) in [6.45, 7) is 4.45. The molecule has 1 unspecified atom stereocenters. The second kappa shape index (κ2) is 7.31. The first-order valence-electron chi connectivity index (χ1n) is 6.80. The Balaban J connectivity index is 0.00000162. The molecule has 1 saturated carbocycles. The SMILES string of the molecule is CC1(NC(=O)CC2COCCN2)CCCCC1.Cl. The summed E-state index contributed by atoms with van der Waals surface area (Å²) in [6, 6.07) is 0.191. The Morgan fingerprint density at radius 2 is 2.11 bits per heavy atom. The van der Waals surface area contributed by atoms with Crippen LogP contribution in [0.15, 0.2) is 0 Å². The molecule has 1 aliphatic heterocycles. The van der Waals surface area contributed by atoms with Crippen LogP contribution in [0, 0.1) is 0 Å². The molecule has 0 aromatic heterocycles. The summed E-state index contributed by atoms with van der Waals surface area (Å²) >= 11 is 0. The van der Waals surface area contributed by atoms with Gasteiger partial charge in [-0.05, 0) is 19.8 Å². The molecular weight excluding hydrogens is 252 g/mol. The van der Waals surface area contributed by atoms with E-state index in [-0.39, 0.29) is 29.9 Å². The molecule has 4 nitrogen and oxygen atoms in total. The number of halogens is 1. The van der Waals surface area contributed by atoms with Gasteiger partial charge in [-0.1, -0.05) is 19.3 Å². The molecule has 2 rings (SSSR count). The van der Waals surface area contributed by atoms with Gasteiger partial charge in [0.1, 0.15) is 0 Å². The topological polar surface area (TPSA) is 50.4 Å². The lowest BCUT2D eigenvalue weighted by molar-refractivity contribution is -0.124. The number of carbonyl (C=O) groups is 1. The zero-order valence-electron chi connectivity index (χ0n) is 11.2. The maximum absolute atomic E-state index is 12.0. The van der Waals surface area contributed by atoms with Crippen LogP contribution in [-0.2, 0) is 9.53 Å². The molecular formula is C13H25ClN2O2. The summed E-state index contributed by atoms with van der Waals surface area (Å²) < 4.78 is 5.36. The van der Waals surface area contributed by atoms with Gasteiger partial charge in [-0.25, -0.2) is 0 Å². The van der Waals surface area contributed by atoms with Gasteiger partial charge >= 0.3 is 0 Å². The standard InChI is InChI=1S/C13H24N2O2.ClH/c1-13(5-3-2-4-6-13)15-12(16)9-11-10-17-8-7-14-11;/h11,14H,2-10H2,1H3,(H,15,16);1H. The van der Waals surface area contributed by atoms with Crippen molar-refractivity contribution in [2.45, 2.75) is 57.0 Å². The van der Waals surface area contributed by atoms with Gasteiger partial charge < -0.3 is 15.4 Å². The molecule has 106 valence electrons. The lowest BCUT2D eigenvalue weighted by Gasteiger charge is -2.35. The summed E-state index contributed by atoms with van der Waals surface area (Å²) in [5.74, 6) is 0.164. The van der Waals surface area contributed by atoms with Crippen LogP contribution < -0.4 is 10.6 Å². The molecule has 0 aromatic carbocycles. The highest BCUT2D eigenvalue weighted by atomic mass is 35.5. The van der Waals surface area contributed by atoms with Gasteiger partial charge in [0.15, 0.2) is 0 Å². The van der Waals surface area contributed by atoms with Crippen LogP contribution >= 0.6 is 12.4 Å². The molecule has 2 N–H and O–H groups in total. The molecule has 0 radical (unpaired) electrons. The van der Waals surface area contributed by atoms with Gasteiger partial charge in [0.05, 0.1) is 13.2 Å². The van der Waals surface area contributed by atoms with Crippen molar-refractivity contribution in [2.24, 2.45) is 0 Å². The second-order valence-corrected chi connectivity index (χ2v) is 5.60. The van der Waals surface area contributed by atoms with E-state index >= 15 is 0 Å². The van der Waals surface area contributed by atoms with Crippen LogP contribution in [0.5, 0.6) is 0 Å². The Bertz CT molecular complexity index is 262. The highest BCUT2D eigenvalue weighted by molar-refractivity contribution is 5.85. The number of amides is 1. The largest absolute Gasteiger partial charge is 0.378 e. The Kier molecular flexibility index (Phi) is 6.39. The third kappa shape index (κ3) is 4.75. The predicted molar refractivity (Wildman–Crippen MR) is 74.1 cm³/mol. The third-order valence-electron chi connectivity index (χ3n) is 3.83. The maximum atomic E-state index is 12.0. The average molecular weight is 277 g/mol. The van der Waals surface area contributed by atoms with Crippen molar-refractivity contribution < 1.29 is 9.53 Å². The molecule has 1 heterocycles. The van der Waals surface area contributed by atoms with E-state index in [4.69, 9.17) is 4.74 Å². The third-order valence-corrected chi connectivity index (χ3v) is 3.83. The minimum atomic E-state index is 0. The summed E-state index contributed by atoms with van der Waals surface area (Å²) in [6.07, 6.45) is 6.56. The monoisotopic (exact) mass is 276 g/mol. The van der Waals surface area contributed by atoms with Gasteiger partial charge in [-0.15, -0.1) is 12.4 Å². The normalized spacial score (nSPS) is 27.1. The van der Waals surface area contributed by atoms with E-state index in [1.54, 1.807) is 0 Å². The fourth-order valence-electron chi connectivity index (χ4n) is 2.82. The summed E-state index contributed by atoms with van der Waals surface area (Å²) in [4.78, 5) is 12.0. The molecule has 5 heteroatoms. The van der Waals surface area contributed by atoms with Crippen molar-refractivity contribution in [3.63, 3.8) is 0 Å². The number of rotatable bonds is 3. The van der Waals surface area contributed by atoms with Gasteiger partial charge in [0, 0.05) is 24.5 Å². The Labute approximate surface area is 116 Å². The zero-order chi connectivity index (χ0) is 12.1. The Morgan fingerprint density at radius 1 is 1.39 bits per heavy atom. The lowest BCUT2D eigenvalue weighted by Crippen LogP contribution is -2.50. The van der Waals surface area contributed by atoms with E-state index in [2.05, 4.69) is 17.6 Å². The van der Waals surface area contributed by atoms with E-state index in [1.165, 1.54) is 19.3 Å². The fourth-order valence-corrected chi connectivity index (χ4v) is 2.82. The first-order chi connectivity index (χ1) is 8.18. The van der Waals surface area contributed by atoms with E-state index in [1.807, 2.05) is 0 Å². The molecule has 1 saturated heterocycles. The van der Waals surface area contributed by atoms with Gasteiger partial charge in [-0.2, -0.15) is 0 Å². The van der Waals surface area contributed by atoms with E-state index in [9.17, 15) is 4.79 Å². The van der Waals surface area contributed by atoms with Crippen LogP contribution in [0.25, 0.3) is 0 Å². The van der Waals surface area contributed by atoms with E-state index in [0.29, 0.717) is 13.0 Å². The van der Waals surface area contributed by atoms with Crippen LogP contribution in [0.3, 0.4) is 0 Å². The number of hydrogen-bond donors (Lipinski definition) is 2. The number of nitrogens with one attached hydrogen (secondary N) is 2. The van der Waals surface area contributed by atoms with Crippen molar-refractivity contribution in [3.05, 3.63) is 0 Å². The maximum Gasteiger partial charge on any atom is 0.222 e. The molecule has 0 spiro atoms. The molecule has 18 heavy (non-hydrogen) atoms. The summed E-state index contributed by atoms with van der Waals surface area (Å²) in [5, 5.41) is 6.52. The second-order valence-electron chi connectivity index (χ2n) is 5.60. The quantitative estimate of drug-likeness (QED) is 0.824. The number of ether oxygens (including phenoxy) is 1. The van der Waals surface area contributed by atoms with Gasteiger partial charge in [-0.3, -0.25) is 4.79 Å². The number of morpholine rings is 1. The van der Waals surface area contributed by atoms with E-state index < -0.39 is 0 Å². The predicted octanol–water partition coefficient (Wildman–Crippen LogP) is 1.63. The van der Waals surface area contributed by atoms with Crippen LogP contribution in [0.1, 0.15) is 45.4 Å². The molecule has 2 aliphatic rings. The minimum Gasteiger partial charge on any atom is -0.378 e. The van der Waals surface area contributed by atoms with Crippen LogP contribution in [0.2, 0.25) is 0 Å². The van der Waals surface area contributed by atoms with Crippen molar-refractivity contribution in [1.82, 2.24) is 10.6 Å². The molecule has 0 aromatic rings. The smallest absolute Gasteiger partial charge is 0.222 e. The summed E-state index contributed by atoms with van der Waals surface area (Å²) in [5.41, 5.74) is 0.0326. The van der Waals surface area contributed by atoms with Gasteiger partial charge in [0.2, 0.25) is 5.91 Å². The molecule has 1 amide bonds. The Morgan fingerprint density at radius 3 is 2.72 bits per heavy atom. The first-order valence-corrected chi connectivity index (χ1v) is 6.80. The molecule has 1 aliphatic carbocycles. The minimum absolute atomic E-state index is 0. The number of carbonyl (C=O) groups excluding carboxylic acids is 1. The highest BCUT2D eigenvalue weighted by Gasteiger charge is 2.29. The van der Waals surface area contributed by atoms with Crippen molar-refractivity contribution in [1.29, 1.82) is 0 Å². The van der Waals surface area contributed by atoms with Crippen LogP contribution in [-0.4, -0.2) is 37.2 Å². The van der Waals surface area contributed by atoms with Crippen molar-refractivity contribution in [2.75, 3.05) is 19.8 Å². The molecule has 1 atom stereocenters. The first kappa shape index (κ1) is 15.7. The van der Waals surface area contributed by atoms with Crippen molar-refractivity contribution >= 4 is 18.3 Å². The Hall–Kier alpha value is -0.320.